The molecule has 80 valence electrons. The average Bonchev–Trinajstić information content (AvgIpc) is 2.01. The third-order valence-corrected chi connectivity index (χ3v) is 2.38. The van der Waals surface area contributed by atoms with Crippen LogP contribution in [0.15, 0.2) is 0 Å². The van der Waals surface area contributed by atoms with Gasteiger partial charge in [-0.25, -0.2) is 0 Å². The van der Waals surface area contributed by atoms with E-state index in [0.29, 0.717) is 26.1 Å². The smallest absolute Gasteiger partial charge is 0.305 e. The zero-order valence-corrected chi connectivity index (χ0v) is 8.21. The molecular formula is C9H15NO4. The van der Waals surface area contributed by atoms with Gasteiger partial charge in [-0.15, -0.1) is 0 Å². The van der Waals surface area contributed by atoms with Gasteiger partial charge in [-0.1, -0.05) is 0 Å². The number of hydrogen-bond acceptors (Lipinski definition) is 3. The summed E-state index contributed by atoms with van der Waals surface area (Å²) in [5.74, 6) is -1.08. The van der Waals surface area contributed by atoms with Gasteiger partial charge in [-0.3, -0.25) is 9.59 Å². The monoisotopic (exact) mass is 201 g/mol. The van der Waals surface area contributed by atoms with Crippen LogP contribution in [-0.4, -0.2) is 35.7 Å². The molecule has 1 heterocycles. The van der Waals surface area contributed by atoms with Gasteiger partial charge in [-0.05, 0) is 12.8 Å². The van der Waals surface area contributed by atoms with Crippen LogP contribution >= 0.6 is 0 Å². The number of carbonyl (C=O) groups is 2. The van der Waals surface area contributed by atoms with E-state index in [1.165, 1.54) is 6.92 Å². The number of rotatable bonds is 3. The molecule has 5 heteroatoms. The molecule has 14 heavy (non-hydrogen) atoms. The maximum atomic E-state index is 11.0. The van der Waals surface area contributed by atoms with E-state index in [2.05, 4.69) is 5.32 Å². The SMILES string of the molecule is CC(=O)NC1(CC(=O)O)CCOCC1. The summed E-state index contributed by atoms with van der Waals surface area (Å²) in [5.41, 5.74) is -0.601. The molecule has 0 aliphatic carbocycles. The molecule has 1 rings (SSSR count). The molecular weight excluding hydrogens is 186 g/mol. The van der Waals surface area contributed by atoms with E-state index in [9.17, 15) is 9.59 Å². The molecule has 0 atom stereocenters. The van der Waals surface area contributed by atoms with Crippen molar-refractivity contribution in [3.05, 3.63) is 0 Å². The normalized spacial score (nSPS) is 20.1. The molecule has 0 radical (unpaired) electrons. The van der Waals surface area contributed by atoms with Crippen LogP contribution in [0.25, 0.3) is 0 Å². The fourth-order valence-electron chi connectivity index (χ4n) is 1.77. The van der Waals surface area contributed by atoms with Gasteiger partial charge in [0, 0.05) is 20.1 Å². The van der Waals surface area contributed by atoms with Crippen molar-refractivity contribution >= 4 is 11.9 Å². The van der Waals surface area contributed by atoms with E-state index in [-0.39, 0.29) is 12.3 Å². The number of carboxylic acids is 1. The van der Waals surface area contributed by atoms with E-state index in [0.717, 1.165) is 0 Å². The highest BCUT2D eigenvalue weighted by atomic mass is 16.5. The number of carboxylic acid groups (broad SMARTS) is 1. The number of hydrogen-bond donors (Lipinski definition) is 2. The summed E-state index contributed by atoms with van der Waals surface area (Å²) in [6.07, 6.45) is 1.10. The Kier molecular flexibility index (Phi) is 3.46. The quantitative estimate of drug-likeness (QED) is 0.681. The summed E-state index contributed by atoms with van der Waals surface area (Å²) in [5, 5.41) is 11.5. The highest BCUT2D eigenvalue weighted by molar-refractivity contribution is 5.76. The molecule has 5 nitrogen and oxygen atoms in total. The lowest BCUT2D eigenvalue weighted by Gasteiger charge is -2.36. The Morgan fingerprint density at radius 1 is 1.43 bits per heavy atom. The van der Waals surface area contributed by atoms with Gasteiger partial charge in [0.05, 0.1) is 12.0 Å². The molecule has 1 saturated heterocycles. The lowest BCUT2D eigenvalue weighted by molar-refractivity contribution is -0.140. The van der Waals surface area contributed by atoms with Crippen LogP contribution < -0.4 is 5.32 Å². The number of ether oxygens (including phenoxy) is 1. The van der Waals surface area contributed by atoms with Gasteiger partial charge >= 0.3 is 5.97 Å². The van der Waals surface area contributed by atoms with Crippen molar-refractivity contribution in [3.8, 4) is 0 Å². The van der Waals surface area contributed by atoms with Gasteiger partial charge in [0.1, 0.15) is 0 Å². The van der Waals surface area contributed by atoms with Crippen molar-refractivity contribution in [2.75, 3.05) is 13.2 Å². The second kappa shape index (κ2) is 4.41. The average molecular weight is 201 g/mol. The van der Waals surface area contributed by atoms with Crippen molar-refractivity contribution in [1.29, 1.82) is 0 Å². The molecule has 0 aromatic heterocycles. The molecule has 0 aromatic carbocycles. The standard InChI is InChI=1S/C9H15NO4/c1-7(11)10-9(6-8(12)13)2-4-14-5-3-9/h2-6H2,1H3,(H,10,11)(H,12,13). The topological polar surface area (TPSA) is 75.6 Å². The van der Waals surface area contributed by atoms with Crippen LogP contribution in [0.3, 0.4) is 0 Å². The fourth-order valence-corrected chi connectivity index (χ4v) is 1.77. The number of nitrogens with one attached hydrogen (secondary N) is 1. The maximum Gasteiger partial charge on any atom is 0.305 e. The van der Waals surface area contributed by atoms with Gasteiger partial charge in [0.2, 0.25) is 5.91 Å². The van der Waals surface area contributed by atoms with Gasteiger partial charge < -0.3 is 15.2 Å². The highest BCUT2D eigenvalue weighted by Gasteiger charge is 2.35. The van der Waals surface area contributed by atoms with E-state index in [1.54, 1.807) is 0 Å². The van der Waals surface area contributed by atoms with Crippen molar-refractivity contribution < 1.29 is 19.4 Å². The first-order valence-corrected chi connectivity index (χ1v) is 4.62. The maximum absolute atomic E-state index is 11.0. The Bertz CT molecular complexity index is 215. The second-order valence-electron chi connectivity index (χ2n) is 3.64. The van der Waals surface area contributed by atoms with E-state index in [4.69, 9.17) is 9.84 Å². The molecule has 0 saturated carbocycles. The van der Waals surface area contributed by atoms with Crippen LogP contribution in [0.4, 0.5) is 0 Å². The molecule has 0 aromatic rings. The minimum Gasteiger partial charge on any atom is -0.481 e. The van der Waals surface area contributed by atoms with Crippen LogP contribution in [0.1, 0.15) is 26.2 Å². The van der Waals surface area contributed by atoms with Gasteiger partial charge in [0.25, 0.3) is 0 Å². The minimum atomic E-state index is -0.888. The molecule has 1 fully saturated rings. The number of aliphatic carboxylic acids is 1. The van der Waals surface area contributed by atoms with E-state index in [1.807, 2.05) is 0 Å². The number of amides is 1. The Morgan fingerprint density at radius 2 is 2.00 bits per heavy atom. The van der Waals surface area contributed by atoms with Crippen LogP contribution in [-0.2, 0) is 14.3 Å². The molecule has 0 spiro atoms. The van der Waals surface area contributed by atoms with Crippen LogP contribution in [0.5, 0.6) is 0 Å². The first kappa shape index (κ1) is 11.0. The fraction of sp³-hybridized carbons (Fsp3) is 0.778. The van der Waals surface area contributed by atoms with Crippen molar-refractivity contribution in [2.45, 2.75) is 31.7 Å². The number of carbonyl (C=O) groups excluding carboxylic acids is 1. The van der Waals surface area contributed by atoms with Crippen LogP contribution in [0.2, 0.25) is 0 Å². The van der Waals surface area contributed by atoms with Crippen molar-refractivity contribution in [3.63, 3.8) is 0 Å². The third-order valence-electron chi connectivity index (χ3n) is 2.38. The summed E-state index contributed by atoms with van der Waals surface area (Å²) < 4.78 is 5.14. The molecule has 1 amide bonds. The Labute approximate surface area is 82.4 Å². The Hall–Kier alpha value is -1.10. The molecule has 0 bridgehead atoms. The molecule has 2 N–H and O–H groups in total. The third kappa shape index (κ3) is 2.99. The largest absolute Gasteiger partial charge is 0.481 e. The summed E-state index contributed by atoms with van der Waals surface area (Å²) in [4.78, 5) is 21.6. The predicted molar refractivity (Wildman–Crippen MR) is 48.9 cm³/mol. The Morgan fingerprint density at radius 3 is 2.43 bits per heavy atom. The molecule has 1 aliphatic heterocycles. The predicted octanol–water partition coefficient (Wildman–Crippen LogP) is 0.146. The van der Waals surface area contributed by atoms with Crippen molar-refractivity contribution in [1.82, 2.24) is 5.32 Å². The lowest BCUT2D eigenvalue weighted by Crippen LogP contribution is -2.52. The highest BCUT2D eigenvalue weighted by Crippen LogP contribution is 2.24. The first-order valence-electron chi connectivity index (χ1n) is 4.62. The van der Waals surface area contributed by atoms with E-state index < -0.39 is 11.5 Å². The molecule has 0 unspecified atom stereocenters. The van der Waals surface area contributed by atoms with Crippen molar-refractivity contribution in [2.24, 2.45) is 0 Å². The van der Waals surface area contributed by atoms with Gasteiger partial charge in [-0.2, -0.15) is 0 Å². The van der Waals surface area contributed by atoms with Crippen LogP contribution in [0, 0.1) is 0 Å². The Balaban J connectivity index is 2.66. The zero-order valence-electron chi connectivity index (χ0n) is 8.21. The zero-order chi connectivity index (χ0) is 10.6. The van der Waals surface area contributed by atoms with Gasteiger partial charge in [0.15, 0.2) is 0 Å². The van der Waals surface area contributed by atoms with E-state index >= 15 is 0 Å². The first-order chi connectivity index (χ1) is 6.54. The summed E-state index contributed by atoms with van der Waals surface area (Å²) in [6, 6.07) is 0. The molecule has 1 aliphatic rings. The minimum absolute atomic E-state index is 0.0318. The lowest BCUT2D eigenvalue weighted by atomic mass is 9.86. The summed E-state index contributed by atoms with van der Waals surface area (Å²) >= 11 is 0. The summed E-state index contributed by atoms with van der Waals surface area (Å²) in [7, 11) is 0. The summed E-state index contributed by atoms with van der Waals surface area (Å²) in [6.45, 7) is 2.42. The second-order valence-corrected chi connectivity index (χ2v) is 3.64.